The Kier molecular flexibility index (Phi) is 3.98. The summed E-state index contributed by atoms with van der Waals surface area (Å²) in [5, 5.41) is 1.73. The van der Waals surface area contributed by atoms with E-state index in [-0.39, 0.29) is 0 Å². The molecule has 2 heterocycles. The SMILES string of the molecule is Cc1cnc(SSc2cc(N)c(C)cn2)cc1N. The number of anilines is 2. The maximum Gasteiger partial charge on any atom is 0.109 e. The molecule has 2 rings (SSSR count). The van der Waals surface area contributed by atoms with Gasteiger partial charge in [-0.3, -0.25) is 0 Å². The summed E-state index contributed by atoms with van der Waals surface area (Å²) < 4.78 is 0. The van der Waals surface area contributed by atoms with E-state index in [1.165, 1.54) is 21.6 Å². The Morgan fingerprint density at radius 1 is 0.833 bits per heavy atom. The summed E-state index contributed by atoms with van der Waals surface area (Å²) in [6.07, 6.45) is 3.55. The molecule has 94 valence electrons. The van der Waals surface area contributed by atoms with Crippen LogP contribution in [0.4, 0.5) is 11.4 Å². The number of hydrogen-bond donors (Lipinski definition) is 2. The van der Waals surface area contributed by atoms with Crippen LogP contribution in [0.2, 0.25) is 0 Å². The molecule has 0 atom stereocenters. The van der Waals surface area contributed by atoms with Crippen molar-refractivity contribution in [3.8, 4) is 0 Å². The van der Waals surface area contributed by atoms with Crippen molar-refractivity contribution in [2.24, 2.45) is 0 Å². The highest BCUT2D eigenvalue weighted by Crippen LogP contribution is 2.36. The van der Waals surface area contributed by atoms with Crippen LogP contribution in [0.5, 0.6) is 0 Å². The van der Waals surface area contributed by atoms with E-state index in [1.54, 1.807) is 12.4 Å². The third kappa shape index (κ3) is 3.08. The van der Waals surface area contributed by atoms with Gasteiger partial charge in [0.15, 0.2) is 0 Å². The monoisotopic (exact) mass is 278 g/mol. The summed E-state index contributed by atoms with van der Waals surface area (Å²) in [5.41, 5.74) is 15.2. The number of rotatable bonds is 3. The minimum Gasteiger partial charge on any atom is -0.398 e. The van der Waals surface area contributed by atoms with E-state index in [4.69, 9.17) is 11.5 Å². The molecule has 0 saturated heterocycles. The third-order valence-electron chi connectivity index (χ3n) is 2.45. The lowest BCUT2D eigenvalue weighted by Gasteiger charge is -2.04. The van der Waals surface area contributed by atoms with Crippen molar-refractivity contribution < 1.29 is 0 Å². The normalized spacial score (nSPS) is 10.6. The number of nitrogens with zero attached hydrogens (tertiary/aromatic N) is 2. The van der Waals surface area contributed by atoms with Crippen molar-refractivity contribution in [2.75, 3.05) is 11.5 Å². The number of pyridine rings is 2. The molecule has 0 aliphatic carbocycles. The Morgan fingerprint density at radius 3 is 1.56 bits per heavy atom. The molecule has 0 unspecified atom stereocenters. The molecule has 18 heavy (non-hydrogen) atoms. The van der Waals surface area contributed by atoms with Gasteiger partial charge in [0.05, 0.1) is 0 Å². The van der Waals surface area contributed by atoms with Crippen molar-refractivity contribution >= 4 is 33.0 Å². The molecule has 4 nitrogen and oxygen atoms in total. The highest BCUT2D eigenvalue weighted by molar-refractivity contribution is 8.76. The Labute approximate surface area is 114 Å². The standard InChI is InChI=1S/C12H14N4S2/c1-7-5-15-11(3-9(7)13)17-18-12-4-10(14)8(2)6-16-12/h3-6H,1-2H3,(H2,13,15)(H2,14,16). The predicted molar refractivity (Wildman–Crippen MR) is 78.5 cm³/mol. The summed E-state index contributed by atoms with van der Waals surface area (Å²) in [7, 11) is 3.04. The van der Waals surface area contributed by atoms with Crippen LogP contribution < -0.4 is 11.5 Å². The minimum absolute atomic E-state index is 0.754. The number of hydrogen-bond acceptors (Lipinski definition) is 6. The summed E-state index contributed by atoms with van der Waals surface area (Å²) in [6, 6.07) is 3.73. The van der Waals surface area contributed by atoms with Crippen molar-refractivity contribution in [3.05, 3.63) is 35.7 Å². The molecular formula is C12H14N4S2. The molecule has 0 aromatic carbocycles. The third-order valence-corrected chi connectivity index (χ3v) is 4.60. The first-order valence-electron chi connectivity index (χ1n) is 5.35. The molecule has 0 amide bonds. The number of nitrogens with two attached hydrogens (primary N) is 2. The summed E-state index contributed by atoms with van der Waals surface area (Å²) in [6.45, 7) is 3.87. The Hall–Kier alpha value is -1.40. The highest BCUT2D eigenvalue weighted by atomic mass is 33.1. The number of aryl methyl sites for hydroxylation is 2. The average molecular weight is 278 g/mol. The van der Waals surface area contributed by atoms with Crippen LogP contribution in [0.3, 0.4) is 0 Å². The second kappa shape index (κ2) is 5.49. The van der Waals surface area contributed by atoms with Crippen molar-refractivity contribution in [2.45, 2.75) is 23.9 Å². The second-order valence-corrected chi connectivity index (χ2v) is 6.09. The average Bonchev–Trinajstić information content (AvgIpc) is 2.35. The van der Waals surface area contributed by atoms with Crippen LogP contribution in [-0.4, -0.2) is 9.97 Å². The lowest BCUT2D eigenvalue weighted by Crippen LogP contribution is -1.92. The topological polar surface area (TPSA) is 77.8 Å². The van der Waals surface area contributed by atoms with Crippen molar-refractivity contribution in [1.29, 1.82) is 0 Å². The maximum atomic E-state index is 5.84. The quantitative estimate of drug-likeness (QED) is 0.840. The predicted octanol–water partition coefficient (Wildman–Crippen LogP) is 3.06. The van der Waals surface area contributed by atoms with Gasteiger partial charge in [-0.15, -0.1) is 0 Å². The molecule has 0 spiro atoms. The second-order valence-electron chi connectivity index (χ2n) is 3.92. The van der Waals surface area contributed by atoms with Gasteiger partial charge in [-0.05, 0) is 58.7 Å². The number of nitrogen functional groups attached to an aromatic ring is 2. The maximum absolute atomic E-state index is 5.84. The van der Waals surface area contributed by atoms with Gasteiger partial charge in [-0.1, -0.05) is 0 Å². The van der Waals surface area contributed by atoms with Crippen LogP contribution >= 0.6 is 21.6 Å². The zero-order valence-corrected chi connectivity index (χ0v) is 11.8. The number of aromatic nitrogens is 2. The van der Waals surface area contributed by atoms with Crippen LogP contribution in [0, 0.1) is 13.8 Å². The van der Waals surface area contributed by atoms with E-state index in [0.29, 0.717) is 0 Å². The molecule has 2 aromatic rings. The van der Waals surface area contributed by atoms with Gasteiger partial charge in [0.25, 0.3) is 0 Å². The van der Waals surface area contributed by atoms with E-state index in [0.717, 1.165) is 32.6 Å². The van der Waals surface area contributed by atoms with E-state index in [2.05, 4.69) is 9.97 Å². The van der Waals surface area contributed by atoms with Crippen LogP contribution in [0.1, 0.15) is 11.1 Å². The van der Waals surface area contributed by atoms with Gasteiger partial charge < -0.3 is 11.5 Å². The van der Waals surface area contributed by atoms with E-state index < -0.39 is 0 Å². The molecule has 0 bridgehead atoms. The minimum atomic E-state index is 0.754. The highest BCUT2D eigenvalue weighted by Gasteiger charge is 2.04. The van der Waals surface area contributed by atoms with Gasteiger partial charge in [0.1, 0.15) is 10.1 Å². The lowest BCUT2D eigenvalue weighted by atomic mass is 10.3. The molecule has 0 aliphatic heterocycles. The smallest absolute Gasteiger partial charge is 0.109 e. The fraction of sp³-hybridized carbons (Fsp3) is 0.167. The molecular weight excluding hydrogens is 264 g/mol. The summed E-state index contributed by atoms with van der Waals surface area (Å²) in [5.74, 6) is 0. The zero-order chi connectivity index (χ0) is 13.1. The summed E-state index contributed by atoms with van der Waals surface area (Å²) >= 11 is 0. The molecule has 0 radical (unpaired) electrons. The zero-order valence-electron chi connectivity index (χ0n) is 10.2. The lowest BCUT2D eigenvalue weighted by molar-refractivity contribution is 1.11. The Morgan fingerprint density at radius 2 is 1.22 bits per heavy atom. The van der Waals surface area contributed by atoms with Gasteiger partial charge in [-0.2, -0.15) is 0 Å². The van der Waals surface area contributed by atoms with E-state index in [1.807, 2.05) is 26.0 Å². The van der Waals surface area contributed by atoms with Gasteiger partial charge in [0.2, 0.25) is 0 Å². The molecule has 6 heteroatoms. The first kappa shape index (κ1) is 13.0. The Balaban J connectivity index is 2.06. The van der Waals surface area contributed by atoms with E-state index >= 15 is 0 Å². The van der Waals surface area contributed by atoms with Gasteiger partial charge in [0, 0.05) is 23.8 Å². The molecule has 0 aliphatic rings. The first-order valence-corrected chi connectivity index (χ1v) is 7.50. The largest absolute Gasteiger partial charge is 0.398 e. The fourth-order valence-corrected chi connectivity index (χ4v) is 2.99. The molecule has 0 saturated carbocycles. The van der Waals surface area contributed by atoms with Crippen molar-refractivity contribution in [3.63, 3.8) is 0 Å². The van der Waals surface area contributed by atoms with Crippen molar-refractivity contribution in [1.82, 2.24) is 9.97 Å². The van der Waals surface area contributed by atoms with Crippen LogP contribution in [-0.2, 0) is 0 Å². The molecule has 4 N–H and O–H groups in total. The van der Waals surface area contributed by atoms with Crippen LogP contribution in [0.15, 0.2) is 34.6 Å². The van der Waals surface area contributed by atoms with E-state index in [9.17, 15) is 0 Å². The Bertz CT molecular complexity index is 520. The first-order chi connectivity index (χ1) is 8.56. The van der Waals surface area contributed by atoms with Crippen LogP contribution in [0.25, 0.3) is 0 Å². The van der Waals surface area contributed by atoms with Gasteiger partial charge in [-0.25, -0.2) is 9.97 Å². The fourth-order valence-electron chi connectivity index (χ4n) is 1.21. The molecule has 0 fully saturated rings. The summed E-state index contributed by atoms with van der Waals surface area (Å²) in [4.78, 5) is 8.59. The molecule has 2 aromatic heterocycles. The van der Waals surface area contributed by atoms with Gasteiger partial charge >= 0.3 is 0 Å².